The van der Waals surface area contributed by atoms with Gasteiger partial charge in [-0.2, -0.15) is 5.10 Å². The molecule has 1 aliphatic rings. The zero-order chi connectivity index (χ0) is 25.4. The van der Waals surface area contributed by atoms with Crippen molar-refractivity contribution < 1.29 is 4.79 Å². The zero-order valence-corrected chi connectivity index (χ0v) is 22.2. The van der Waals surface area contributed by atoms with Crippen molar-refractivity contribution in [3.63, 3.8) is 0 Å². The molecular formula is C29H38N6O. The molecule has 0 bridgehead atoms. The van der Waals surface area contributed by atoms with E-state index < -0.39 is 0 Å². The van der Waals surface area contributed by atoms with Crippen LogP contribution in [-0.2, 0) is 4.79 Å². The fraction of sp³-hybridized carbons (Fsp3) is 0.483. The Kier molecular flexibility index (Phi) is 6.84. The maximum absolute atomic E-state index is 12.5. The van der Waals surface area contributed by atoms with Crippen LogP contribution in [0.4, 0.5) is 0 Å². The number of H-pyrrole nitrogens is 1. The summed E-state index contributed by atoms with van der Waals surface area (Å²) in [7, 11) is 0. The van der Waals surface area contributed by atoms with Crippen LogP contribution in [0.25, 0.3) is 27.8 Å². The summed E-state index contributed by atoms with van der Waals surface area (Å²) < 4.78 is 1.88. The average Bonchev–Trinajstić information content (AvgIpc) is 3.50. The standard InChI is InChI=1S/C29H38N6O/c1-6-11-30-15-26(36)34-12-9-21(10-13-34)22-7-8-25-23(14-22)27(18(2)3)28(33-25)24-16-35-29(31-17-32-35)20(5)19(24)4/h7-8,14,16-18,21,30,33H,6,9-13,15H2,1-5H3. The third-order valence-electron chi connectivity index (χ3n) is 7.86. The summed E-state index contributed by atoms with van der Waals surface area (Å²) in [5, 5.41) is 8.95. The molecule has 7 nitrogen and oxygen atoms in total. The first-order chi connectivity index (χ1) is 17.4. The molecule has 0 saturated carbocycles. The van der Waals surface area contributed by atoms with Crippen molar-refractivity contribution in [3.05, 3.63) is 53.0 Å². The first-order valence-electron chi connectivity index (χ1n) is 13.3. The predicted octanol–water partition coefficient (Wildman–Crippen LogP) is 5.32. The lowest BCUT2D eigenvalue weighted by Crippen LogP contribution is -2.42. The van der Waals surface area contributed by atoms with E-state index in [9.17, 15) is 4.79 Å². The fourth-order valence-electron chi connectivity index (χ4n) is 5.70. The second-order valence-corrected chi connectivity index (χ2v) is 10.5. The largest absolute Gasteiger partial charge is 0.354 e. The van der Waals surface area contributed by atoms with E-state index in [1.807, 2.05) is 9.42 Å². The van der Waals surface area contributed by atoms with Crippen molar-refractivity contribution in [2.45, 2.75) is 65.7 Å². The Morgan fingerprint density at radius 1 is 1.19 bits per heavy atom. The number of amides is 1. The van der Waals surface area contributed by atoms with E-state index in [4.69, 9.17) is 0 Å². The number of likely N-dealkylation sites (tertiary alicyclic amines) is 1. The van der Waals surface area contributed by atoms with Crippen molar-refractivity contribution in [1.82, 2.24) is 29.8 Å². The molecule has 1 aliphatic heterocycles. The maximum Gasteiger partial charge on any atom is 0.236 e. The van der Waals surface area contributed by atoms with E-state index in [2.05, 4.69) is 79.4 Å². The van der Waals surface area contributed by atoms with E-state index in [1.165, 1.54) is 38.9 Å². The number of piperidine rings is 1. The fourth-order valence-corrected chi connectivity index (χ4v) is 5.70. The Morgan fingerprint density at radius 3 is 2.69 bits per heavy atom. The Bertz CT molecular complexity index is 1390. The summed E-state index contributed by atoms with van der Waals surface area (Å²) >= 11 is 0. The van der Waals surface area contributed by atoms with Gasteiger partial charge in [0.15, 0.2) is 5.65 Å². The Hall–Kier alpha value is -3.19. The lowest BCUT2D eigenvalue weighted by Gasteiger charge is -2.32. The number of carbonyl (C=O) groups is 1. The second kappa shape index (κ2) is 10.1. The summed E-state index contributed by atoms with van der Waals surface area (Å²) in [5.41, 5.74) is 9.55. The highest BCUT2D eigenvalue weighted by Crippen LogP contribution is 2.39. The van der Waals surface area contributed by atoms with Crippen molar-refractivity contribution in [3.8, 4) is 11.3 Å². The molecule has 7 heteroatoms. The summed E-state index contributed by atoms with van der Waals surface area (Å²) in [5.74, 6) is 1.07. The van der Waals surface area contributed by atoms with Crippen molar-refractivity contribution in [2.24, 2.45) is 0 Å². The van der Waals surface area contributed by atoms with E-state index >= 15 is 0 Å². The summed E-state index contributed by atoms with van der Waals surface area (Å²) in [4.78, 5) is 22.7. The molecule has 4 aromatic rings. The molecule has 0 unspecified atom stereocenters. The number of pyridine rings is 1. The number of carbonyl (C=O) groups excluding carboxylic acids is 1. The Morgan fingerprint density at radius 2 is 1.97 bits per heavy atom. The molecule has 5 rings (SSSR count). The Balaban J connectivity index is 1.44. The minimum Gasteiger partial charge on any atom is -0.354 e. The monoisotopic (exact) mass is 486 g/mol. The van der Waals surface area contributed by atoms with Gasteiger partial charge in [0.05, 0.1) is 12.2 Å². The third kappa shape index (κ3) is 4.41. The van der Waals surface area contributed by atoms with Gasteiger partial charge < -0.3 is 15.2 Å². The highest BCUT2D eigenvalue weighted by Gasteiger charge is 2.25. The van der Waals surface area contributed by atoms with Crippen molar-refractivity contribution in [2.75, 3.05) is 26.2 Å². The highest BCUT2D eigenvalue weighted by atomic mass is 16.2. The number of benzene rings is 1. The zero-order valence-electron chi connectivity index (χ0n) is 22.2. The third-order valence-corrected chi connectivity index (χ3v) is 7.86. The predicted molar refractivity (Wildman–Crippen MR) is 146 cm³/mol. The first kappa shape index (κ1) is 24.5. The van der Waals surface area contributed by atoms with Crippen LogP contribution in [0, 0.1) is 13.8 Å². The van der Waals surface area contributed by atoms with E-state index in [0.717, 1.165) is 50.1 Å². The number of aromatic nitrogens is 4. The topological polar surface area (TPSA) is 78.3 Å². The van der Waals surface area contributed by atoms with Gasteiger partial charge in [0.1, 0.15) is 6.33 Å². The van der Waals surface area contributed by atoms with Crippen LogP contribution in [0.5, 0.6) is 0 Å². The number of aryl methyl sites for hydroxylation is 1. The lowest BCUT2D eigenvalue weighted by atomic mass is 9.87. The number of nitrogens with zero attached hydrogens (tertiary/aromatic N) is 4. The molecular weight excluding hydrogens is 448 g/mol. The minimum atomic E-state index is 0.227. The van der Waals surface area contributed by atoms with Crippen LogP contribution in [0.3, 0.4) is 0 Å². The van der Waals surface area contributed by atoms with Gasteiger partial charge in [-0.3, -0.25) is 4.79 Å². The van der Waals surface area contributed by atoms with Gasteiger partial charge in [0.2, 0.25) is 5.91 Å². The van der Waals surface area contributed by atoms with Gasteiger partial charge in [0.25, 0.3) is 0 Å². The van der Waals surface area contributed by atoms with Gasteiger partial charge in [-0.25, -0.2) is 9.50 Å². The quantitative estimate of drug-likeness (QED) is 0.347. The van der Waals surface area contributed by atoms with E-state index in [1.54, 1.807) is 6.33 Å². The van der Waals surface area contributed by atoms with Crippen LogP contribution in [0.2, 0.25) is 0 Å². The lowest BCUT2D eigenvalue weighted by molar-refractivity contribution is -0.131. The molecule has 0 atom stereocenters. The molecule has 1 amide bonds. The molecule has 3 aromatic heterocycles. The van der Waals surface area contributed by atoms with Crippen molar-refractivity contribution in [1.29, 1.82) is 0 Å². The van der Waals surface area contributed by atoms with Gasteiger partial charge >= 0.3 is 0 Å². The van der Waals surface area contributed by atoms with E-state index in [-0.39, 0.29) is 5.91 Å². The molecule has 0 aliphatic carbocycles. The van der Waals surface area contributed by atoms with Gasteiger partial charge in [-0.1, -0.05) is 26.8 Å². The first-order valence-corrected chi connectivity index (χ1v) is 13.3. The maximum atomic E-state index is 12.5. The van der Waals surface area contributed by atoms with E-state index in [0.29, 0.717) is 18.4 Å². The van der Waals surface area contributed by atoms with Crippen molar-refractivity contribution >= 4 is 22.5 Å². The second-order valence-electron chi connectivity index (χ2n) is 10.5. The van der Waals surface area contributed by atoms with Gasteiger partial charge in [-0.05, 0) is 85.9 Å². The van der Waals surface area contributed by atoms with Crippen LogP contribution >= 0.6 is 0 Å². The van der Waals surface area contributed by atoms with Crippen LogP contribution < -0.4 is 5.32 Å². The molecule has 0 radical (unpaired) electrons. The number of hydrogen-bond acceptors (Lipinski definition) is 4. The summed E-state index contributed by atoms with van der Waals surface area (Å²) in [6, 6.07) is 6.91. The molecule has 1 saturated heterocycles. The minimum absolute atomic E-state index is 0.227. The van der Waals surface area contributed by atoms with Crippen LogP contribution in [0.1, 0.15) is 74.1 Å². The van der Waals surface area contributed by atoms with Crippen LogP contribution in [0.15, 0.2) is 30.7 Å². The van der Waals surface area contributed by atoms with Gasteiger partial charge in [0, 0.05) is 35.8 Å². The molecule has 0 spiro atoms. The SMILES string of the molecule is CCCNCC(=O)N1CCC(c2ccc3[nH]c(-c4cn5ncnc5c(C)c4C)c(C(C)C)c3c2)CC1. The normalized spacial score (nSPS) is 15.0. The molecule has 1 aromatic carbocycles. The number of fused-ring (bicyclic) bond motifs is 2. The number of hydrogen-bond donors (Lipinski definition) is 2. The average molecular weight is 487 g/mol. The summed E-state index contributed by atoms with van der Waals surface area (Å²) in [6.45, 7) is 14.0. The molecule has 1 fully saturated rings. The molecule has 36 heavy (non-hydrogen) atoms. The molecule has 2 N–H and O–H groups in total. The molecule has 190 valence electrons. The smallest absolute Gasteiger partial charge is 0.236 e. The highest BCUT2D eigenvalue weighted by molar-refractivity contribution is 5.92. The number of rotatable bonds is 7. The number of nitrogens with one attached hydrogen (secondary N) is 2. The number of aromatic amines is 1. The molecule has 4 heterocycles. The van der Waals surface area contributed by atoms with Crippen LogP contribution in [-0.4, -0.2) is 56.6 Å². The van der Waals surface area contributed by atoms with Gasteiger partial charge in [-0.15, -0.1) is 0 Å². The summed E-state index contributed by atoms with van der Waals surface area (Å²) in [6.07, 6.45) is 6.80. The Labute approximate surface area is 213 Å².